The Bertz CT molecular complexity index is 762. The smallest absolute Gasteiger partial charge is 0.148 e. The van der Waals surface area contributed by atoms with Crippen LogP contribution in [0.1, 0.15) is 19.7 Å². The molecule has 0 aliphatic heterocycles. The van der Waals surface area contributed by atoms with Crippen LogP contribution in [0.15, 0.2) is 48.5 Å². The van der Waals surface area contributed by atoms with Crippen molar-refractivity contribution in [3.05, 3.63) is 59.4 Å². The van der Waals surface area contributed by atoms with Crippen LogP contribution >= 0.6 is 11.6 Å². The zero-order chi connectivity index (χ0) is 15.5. The maximum absolute atomic E-state index is 5.89. The molecule has 0 atom stereocenters. The molecule has 22 heavy (non-hydrogen) atoms. The maximum Gasteiger partial charge on any atom is 0.148 e. The van der Waals surface area contributed by atoms with Gasteiger partial charge in [0.2, 0.25) is 0 Å². The van der Waals surface area contributed by atoms with Crippen LogP contribution in [0.25, 0.3) is 11.0 Å². The Labute approximate surface area is 135 Å². The van der Waals surface area contributed by atoms with E-state index in [-0.39, 0.29) is 0 Å². The highest BCUT2D eigenvalue weighted by Gasteiger charge is 2.12. The fourth-order valence-electron chi connectivity index (χ4n) is 2.48. The second-order valence-corrected chi connectivity index (χ2v) is 6.20. The number of para-hydroxylation sites is 2. The number of halogens is 1. The van der Waals surface area contributed by atoms with Crippen LogP contribution in [0.2, 0.25) is 5.02 Å². The van der Waals surface area contributed by atoms with Gasteiger partial charge in [-0.15, -0.1) is 0 Å². The standard InChI is InChI=1S/C18H19ClN2O/c1-13(2)11-21-17-6-4-3-5-16(17)20-18(21)12-22-15-9-7-14(19)8-10-15/h3-10,13H,11-12H2,1-2H3. The molecule has 0 fully saturated rings. The summed E-state index contributed by atoms with van der Waals surface area (Å²) in [6, 6.07) is 15.6. The lowest BCUT2D eigenvalue weighted by Crippen LogP contribution is -2.10. The average Bonchev–Trinajstić information content (AvgIpc) is 2.84. The second-order valence-electron chi connectivity index (χ2n) is 5.76. The number of nitrogens with zero attached hydrogens (tertiary/aromatic N) is 2. The SMILES string of the molecule is CC(C)Cn1c(COc2ccc(Cl)cc2)nc2ccccc21. The van der Waals surface area contributed by atoms with Crippen LogP contribution in [0.4, 0.5) is 0 Å². The molecule has 0 N–H and O–H groups in total. The van der Waals surface area contributed by atoms with Gasteiger partial charge in [-0.3, -0.25) is 0 Å². The molecule has 0 radical (unpaired) electrons. The summed E-state index contributed by atoms with van der Waals surface area (Å²) in [4.78, 5) is 4.71. The van der Waals surface area contributed by atoms with Crippen molar-refractivity contribution in [2.45, 2.75) is 27.0 Å². The first-order chi connectivity index (χ1) is 10.6. The van der Waals surface area contributed by atoms with Gasteiger partial charge in [-0.05, 0) is 42.3 Å². The Morgan fingerprint density at radius 1 is 1.09 bits per heavy atom. The topological polar surface area (TPSA) is 27.1 Å². The first-order valence-electron chi connectivity index (χ1n) is 7.46. The van der Waals surface area contributed by atoms with E-state index in [1.165, 1.54) is 0 Å². The number of ether oxygens (including phenoxy) is 1. The predicted molar refractivity (Wildman–Crippen MR) is 90.4 cm³/mol. The second kappa shape index (κ2) is 6.41. The molecule has 3 nitrogen and oxygen atoms in total. The number of rotatable bonds is 5. The number of aromatic nitrogens is 2. The lowest BCUT2D eigenvalue weighted by Gasteiger charge is -2.12. The number of imidazole rings is 1. The third-order valence-electron chi connectivity index (χ3n) is 3.46. The highest BCUT2D eigenvalue weighted by molar-refractivity contribution is 6.30. The summed E-state index contributed by atoms with van der Waals surface area (Å²) < 4.78 is 8.10. The minimum absolute atomic E-state index is 0.447. The van der Waals surface area contributed by atoms with Gasteiger partial charge >= 0.3 is 0 Å². The van der Waals surface area contributed by atoms with E-state index in [4.69, 9.17) is 21.3 Å². The first kappa shape index (κ1) is 14.9. The van der Waals surface area contributed by atoms with Crippen LogP contribution in [-0.4, -0.2) is 9.55 Å². The van der Waals surface area contributed by atoms with Gasteiger partial charge in [0.05, 0.1) is 11.0 Å². The average molecular weight is 315 g/mol. The Balaban J connectivity index is 1.87. The molecule has 0 saturated carbocycles. The van der Waals surface area contributed by atoms with Crippen molar-refractivity contribution in [1.29, 1.82) is 0 Å². The van der Waals surface area contributed by atoms with Gasteiger partial charge in [0.15, 0.2) is 0 Å². The van der Waals surface area contributed by atoms with E-state index in [0.717, 1.165) is 29.2 Å². The van der Waals surface area contributed by atoms with E-state index in [0.29, 0.717) is 17.5 Å². The highest BCUT2D eigenvalue weighted by Crippen LogP contribution is 2.20. The first-order valence-corrected chi connectivity index (χ1v) is 7.84. The number of hydrogen-bond donors (Lipinski definition) is 0. The number of benzene rings is 2. The molecule has 2 aromatic carbocycles. The lowest BCUT2D eigenvalue weighted by molar-refractivity contribution is 0.287. The molecule has 3 aromatic rings. The van der Waals surface area contributed by atoms with E-state index in [1.54, 1.807) is 0 Å². The van der Waals surface area contributed by atoms with Crippen molar-refractivity contribution >= 4 is 22.6 Å². The molecule has 3 rings (SSSR count). The van der Waals surface area contributed by atoms with Crippen molar-refractivity contribution in [2.75, 3.05) is 0 Å². The molecule has 0 spiro atoms. The van der Waals surface area contributed by atoms with E-state index < -0.39 is 0 Å². The summed E-state index contributed by atoms with van der Waals surface area (Å²) >= 11 is 5.89. The van der Waals surface area contributed by atoms with Gasteiger partial charge in [-0.2, -0.15) is 0 Å². The summed E-state index contributed by atoms with van der Waals surface area (Å²) in [5, 5.41) is 0.708. The van der Waals surface area contributed by atoms with Gasteiger partial charge in [-0.25, -0.2) is 4.98 Å². The van der Waals surface area contributed by atoms with E-state index in [2.05, 4.69) is 24.5 Å². The lowest BCUT2D eigenvalue weighted by atomic mass is 10.2. The monoisotopic (exact) mass is 314 g/mol. The van der Waals surface area contributed by atoms with Crippen molar-refractivity contribution in [2.24, 2.45) is 5.92 Å². The Morgan fingerprint density at radius 2 is 1.82 bits per heavy atom. The zero-order valence-electron chi connectivity index (χ0n) is 12.8. The minimum Gasteiger partial charge on any atom is -0.486 e. The molecule has 0 saturated heterocycles. The minimum atomic E-state index is 0.447. The third kappa shape index (κ3) is 3.25. The summed E-state index contributed by atoms with van der Waals surface area (Å²) in [6.07, 6.45) is 0. The molecule has 1 heterocycles. The molecular formula is C18H19ClN2O. The summed E-state index contributed by atoms with van der Waals surface area (Å²) in [6.45, 7) is 5.79. The Hall–Kier alpha value is -2.00. The Morgan fingerprint density at radius 3 is 2.55 bits per heavy atom. The van der Waals surface area contributed by atoms with E-state index >= 15 is 0 Å². The van der Waals surface area contributed by atoms with Crippen LogP contribution < -0.4 is 4.74 Å². The van der Waals surface area contributed by atoms with Crippen molar-refractivity contribution in [3.8, 4) is 5.75 Å². The van der Waals surface area contributed by atoms with Gasteiger partial charge in [0, 0.05) is 11.6 Å². The van der Waals surface area contributed by atoms with E-state index in [9.17, 15) is 0 Å². The van der Waals surface area contributed by atoms with Crippen LogP contribution in [0.5, 0.6) is 5.75 Å². The summed E-state index contributed by atoms with van der Waals surface area (Å²) in [5.74, 6) is 2.30. The predicted octanol–water partition coefficient (Wildman–Crippen LogP) is 4.92. The molecule has 0 aliphatic rings. The van der Waals surface area contributed by atoms with Crippen LogP contribution in [0, 0.1) is 5.92 Å². The fraction of sp³-hybridized carbons (Fsp3) is 0.278. The number of fused-ring (bicyclic) bond motifs is 1. The zero-order valence-corrected chi connectivity index (χ0v) is 13.5. The molecule has 114 valence electrons. The quantitative estimate of drug-likeness (QED) is 0.668. The van der Waals surface area contributed by atoms with Crippen molar-refractivity contribution in [1.82, 2.24) is 9.55 Å². The largest absolute Gasteiger partial charge is 0.486 e. The summed E-state index contributed by atoms with van der Waals surface area (Å²) in [7, 11) is 0. The molecule has 0 amide bonds. The van der Waals surface area contributed by atoms with Gasteiger partial charge < -0.3 is 9.30 Å². The highest BCUT2D eigenvalue weighted by atomic mass is 35.5. The maximum atomic E-state index is 5.89. The van der Waals surface area contributed by atoms with Crippen LogP contribution in [0.3, 0.4) is 0 Å². The van der Waals surface area contributed by atoms with Gasteiger partial charge in [0.1, 0.15) is 18.2 Å². The van der Waals surface area contributed by atoms with Crippen molar-refractivity contribution < 1.29 is 4.74 Å². The third-order valence-corrected chi connectivity index (χ3v) is 3.71. The molecule has 0 unspecified atom stereocenters. The summed E-state index contributed by atoms with van der Waals surface area (Å²) in [5.41, 5.74) is 2.17. The van der Waals surface area contributed by atoms with Gasteiger partial charge in [0.25, 0.3) is 0 Å². The number of hydrogen-bond acceptors (Lipinski definition) is 2. The van der Waals surface area contributed by atoms with E-state index in [1.807, 2.05) is 42.5 Å². The Kier molecular flexibility index (Phi) is 4.34. The van der Waals surface area contributed by atoms with Gasteiger partial charge in [-0.1, -0.05) is 37.6 Å². The molecule has 0 aliphatic carbocycles. The van der Waals surface area contributed by atoms with Crippen LogP contribution in [-0.2, 0) is 13.2 Å². The molecule has 0 bridgehead atoms. The molecule has 1 aromatic heterocycles. The van der Waals surface area contributed by atoms with Crippen molar-refractivity contribution in [3.63, 3.8) is 0 Å². The fourth-order valence-corrected chi connectivity index (χ4v) is 2.61. The normalized spacial score (nSPS) is 11.3. The molecule has 4 heteroatoms. The molecular weight excluding hydrogens is 296 g/mol.